The molecule has 0 bridgehead atoms. The van der Waals surface area contributed by atoms with Gasteiger partial charge >= 0.3 is 11.4 Å². The predicted octanol–water partition coefficient (Wildman–Crippen LogP) is 0.295. The maximum atomic E-state index is 9.93. The third-order valence-electron chi connectivity index (χ3n) is 0.483. The Morgan fingerprint density at radius 3 is 2.67 bits per heavy atom. The molecule has 0 saturated carbocycles. The predicted molar refractivity (Wildman–Crippen MR) is 32.2 cm³/mol. The Morgan fingerprint density at radius 1 is 1.78 bits per heavy atom. The van der Waals surface area contributed by atoms with Gasteiger partial charge < -0.3 is 0 Å². The lowest BCUT2D eigenvalue weighted by molar-refractivity contribution is -0.112. The van der Waals surface area contributed by atoms with Crippen molar-refractivity contribution in [2.24, 2.45) is 0 Å². The number of hydrogen-bond donors (Lipinski definition) is 1. The van der Waals surface area contributed by atoms with Crippen LogP contribution < -0.4 is 0 Å². The maximum absolute atomic E-state index is 9.93. The van der Waals surface area contributed by atoms with Crippen molar-refractivity contribution in [1.82, 2.24) is 0 Å². The van der Waals surface area contributed by atoms with E-state index in [9.17, 15) is 9.00 Å². The summed E-state index contributed by atoms with van der Waals surface area (Å²) in [6.07, 6.45) is -0.0478. The van der Waals surface area contributed by atoms with Gasteiger partial charge in [0.05, 0.1) is 6.61 Å². The molecule has 0 aromatic heterocycles. The van der Waals surface area contributed by atoms with E-state index in [0.29, 0.717) is 0 Å². The highest BCUT2D eigenvalue weighted by molar-refractivity contribution is 7.74. The van der Waals surface area contributed by atoms with Crippen molar-refractivity contribution in [2.75, 3.05) is 6.61 Å². The molecule has 0 rings (SSSR count). The van der Waals surface area contributed by atoms with Crippen LogP contribution >= 0.6 is 11.6 Å². The van der Waals surface area contributed by atoms with E-state index >= 15 is 0 Å². The molecule has 54 valence electrons. The van der Waals surface area contributed by atoms with Crippen LogP contribution in [0.3, 0.4) is 0 Å². The third-order valence-corrected chi connectivity index (χ3v) is 1.04. The summed E-state index contributed by atoms with van der Waals surface area (Å²) in [6.45, 7) is -0.120. The summed E-state index contributed by atoms with van der Waals surface area (Å²) in [4.78, 5) is 9.93. The van der Waals surface area contributed by atoms with Crippen molar-refractivity contribution in [3.8, 4) is 0 Å². The smallest absolute Gasteiger partial charge is 0.284 e. The van der Waals surface area contributed by atoms with E-state index in [1.807, 2.05) is 0 Å². The second-order valence-corrected chi connectivity index (χ2v) is 2.24. The minimum absolute atomic E-state index is 0.0478. The van der Waals surface area contributed by atoms with Crippen molar-refractivity contribution in [3.05, 3.63) is 0 Å². The molecule has 0 aromatic rings. The van der Waals surface area contributed by atoms with Crippen LogP contribution in [0.15, 0.2) is 0 Å². The van der Waals surface area contributed by atoms with Crippen LogP contribution in [0.4, 0.5) is 0 Å². The van der Waals surface area contributed by atoms with E-state index in [4.69, 9.17) is 16.2 Å². The Labute approximate surface area is 59.6 Å². The van der Waals surface area contributed by atoms with Crippen molar-refractivity contribution >= 4 is 28.2 Å². The van der Waals surface area contributed by atoms with Gasteiger partial charge in [0.25, 0.3) is 0 Å². The van der Waals surface area contributed by atoms with Gasteiger partial charge in [-0.15, -0.1) is 0 Å². The zero-order valence-electron chi connectivity index (χ0n) is 4.37. The Balaban J connectivity index is 3.10. The van der Waals surface area contributed by atoms with Gasteiger partial charge in [-0.25, -0.2) is 0 Å². The van der Waals surface area contributed by atoms with Crippen LogP contribution in [0, 0.1) is 0 Å². The Bertz CT molecular complexity index is 111. The Hall–Kier alpha value is 0.0300. The molecule has 0 radical (unpaired) electrons. The van der Waals surface area contributed by atoms with Crippen molar-refractivity contribution in [3.63, 3.8) is 0 Å². The molecular weight excluding hydrogens is 168 g/mol. The maximum Gasteiger partial charge on any atom is 0.301 e. The summed E-state index contributed by atoms with van der Waals surface area (Å²) in [5.74, 6) is 0. The molecule has 1 N–H and O–H groups in total. The molecule has 1 unspecified atom stereocenters. The van der Waals surface area contributed by atoms with Gasteiger partial charge in [0.15, 0.2) is 0 Å². The molecule has 0 aliphatic carbocycles. The van der Waals surface area contributed by atoms with E-state index in [1.165, 1.54) is 0 Å². The van der Waals surface area contributed by atoms with Gasteiger partial charge in [-0.1, -0.05) is 0 Å². The van der Waals surface area contributed by atoms with Crippen LogP contribution in [0.2, 0.25) is 0 Å². The molecule has 9 heavy (non-hydrogen) atoms. The first-order valence-corrected chi connectivity index (χ1v) is 3.46. The van der Waals surface area contributed by atoms with Crippen LogP contribution in [0.5, 0.6) is 0 Å². The summed E-state index contributed by atoms with van der Waals surface area (Å²) in [7, 11) is 0. The fourth-order valence-electron chi connectivity index (χ4n) is 0.193. The summed E-state index contributed by atoms with van der Waals surface area (Å²) in [5.41, 5.74) is 0. The highest BCUT2D eigenvalue weighted by Crippen LogP contribution is 1.89. The van der Waals surface area contributed by atoms with Crippen LogP contribution in [0.1, 0.15) is 6.42 Å². The zero-order chi connectivity index (χ0) is 7.28. The molecule has 6 heteroatoms. The normalized spacial score (nSPS) is 13.1. The fraction of sp³-hybridized carbons (Fsp3) is 0.667. The average Bonchev–Trinajstić information content (AvgIpc) is 1.63. The molecule has 0 spiro atoms. The topological polar surface area (TPSA) is 63.6 Å². The molecule has 0 heterocycles. The number of rotatable bonds is 4. The van der Waals surface area contributed by atoms with Gasteiger partial charge in [0, 0.05) is 6.42 Å². The summed E-state index contributed by atoms with van der Waals surface area (Å²) >= 11 is 2.57. The van der Waals surface area contributed by atoms with Gasteiger partial charge in [0.2, 0.25) is 5.24 Å². The highest BCUT2D eigenvalue weighted by atomic mass is 35.5. The number of carbonyl (C=O) groups excluding carboxylic acids is 1. The van der Waals surface area contributed by atoms with E-state index in [0.717, 1.165) is 0 Å². The highest BCUT2D eigenvalue weighted by Gasteiger charge is 1.97. The molecular formula is C3H5ClO4S. The van der Waals surface area contributed by atoms with Crippen LogP contribution in [-0.4, -0.2) is 20.6 Å². The lowest BCUT2D eigenvalue weighted by Gasteiger charge is -1.91. The lowest BCUT2D eigenvalue weighted by Crippen LogP contribution is -2.00. The second kappa shape index (κ2) is 4.87. The molecule has 4 nitrogen and oxygen atoms in total. The summed E-state index contributed by atoms with van der Waals surface area (Å²) in [5, 5.41) is -0.583. The summed E-state index contributed by atoms with van der Waals surface area (Å²) in [6, 6.07) is 0. The van der Waals surface area contributed by atoms with E-state index in [2.05, 4.69) is 4.18 Å². The van der Waals surface area contributed by atoms with E-state index in [-0.39, 0.29) is 13.0 Å². The minimum atomic E-state index is -2.29. The van der Waals surface area contributed by atoms with Gasteiger partial charge in [0.1, 0.15) is 0 Å². The third kappa shape index (κ3) is 8.03. The van der Waals surface area contributed by atoms with Gasteiger partial charge in [-0.2, -0.15) is 4.21 Å². The van der Waals surface area contributed by atoms with Gasteiger partial charge in [-0.3, -0.25) is 13.5 Å². The van der Waals surface area contributed by atoms with Gasteiger partial charge in [-0.05, 0) is 11.6 Å². The lowest BCUT2D eigenvalue weighted by atomic mass is 10.5. The zero-order valence-corrected chi connectivity index (χ0v) is 5.94. The van der Waals surface area contributed by atoms with E-state index in [1.54, 1.807) is 0 Å². The van der Waals surface area contributed by atoms with Crippen molar-refractivity contribution < 1.29 is 17.7 Å². The minimum Gasteiger partial charge on any atom is -0.284 e. The first-order valence-electron chi connectivity index (χ1n) is 2.05. The molecule has 0 aliphatic heterocycles. The monoisotopic (exact) mass is 172 g/mol. The average molecular weight is 173 g/mol. The fourth-order valence-corrected chi connectivity index (χ4v) is 0.496. The van der Waals surface area contributed by atoms with Crippen LogP contribution in [0.25, 0.3) is 0 Å². The second-order valence-electron chi connectivity index (χ2n) is 1.14. The quantitative estimate of drug-likeness (QED) is 0.489. The number of hydrogen-bond acceptors (Lipinski definition) is 3. The summed E-state index contributed by atoms with van der Waals surface area (Å²) < 4.78 is 21.8. The Morgan fingerprint density at radius 2 is 2.33 bits per heavy atom. The Kier molecular flexibility index (Phi) is 4.88. The molecule has 0 saturated heterocycles. The standard InChI is InChI=1S/C3H5ClO4S/c4-3(5)1-2-8-9(6)7/h1-2H2,(H,6,7). The molecule has 0 fully saturated rings. The molecule has 0 aliphatic rings. The number of halogens is 1. The first-order chi connectivity index (χ1) is 4.13. The van der Waals surface area contributed by atoms with Crippen LogP contribution in [-0.2, 0) is 20.3 Å². The largest absolute Gasteiger partial charge is 0.301 e. The van der Waals surface area contributed by atoms with Crippen molar-refractivity contribution in [1.29, 1.82) is 0 Å². The molecule has 0 amide bonds. The molecule has 0 aromatic carbocycles. The van der Waals surface area contributed by atoms with E-state index < -0.39 is 16.6 Å². The number of carbonyl (C=O) groups is 1. The van der Waals surface area contributed by atoms with Crippen molar-refractivity contribution in [2.45, 2.75) is 6.42 Å². The first kappa shape index (κ1) is 9.03. The SMILES string of the molecule is O=C(Cl)CCOS(=O)O. The molecule has 1 atom stereocenters.